The lowest BCUT2D eigenvalue weighted by atomic mass is 10.1. The summed E-state index contributed by atoms with van der Waals surface area (Å²) in [5, 5.41) is 9.51. The van der Waals surface area contributed by atoms with Crippen molar-refractivity contribution in [3.63, 3.8) is 0 Å². The topological polar surface area (TPSA) is 20.2 Å². The van der Waals surface area contributed by atoms with E-state index in [1.807, 2.05) is 19.1 Å². The molecular weight excluding hydrogens is 227 g/mol. The van der Waals surface area contributed by atoms with Crippen LogP contribution in [0.3, 0.4) is 0 Å². The van der Waals surface area contributed by atoms with Crippen LogP contribution in [0.4, 0.5) is 0 Å². The van der Waals surface area contributed by atoms with Crippen LogP contribution in [0.5, 0.6) is 0 Å². The normalized spacial score (nSPS) is 10.2. The van der Waals surface area contributed by atoms with E-state index in [4.69, 9.17) is 16.7 Å². The minimum atomic E-state index is -0.0148. The summed E-state index contributed by atoms with van der Waals surface area (Å²) in [6.45, 7) is 1.89. The van der Waals surface area contributed by atoms with Gasteiger partial charge in [0, 0.05) is 9.50 Å². The number of hydrogen-bond donors (Lipinski definition) is 1. The van der Waals surface area contributed by atoms with Crippen molar-refractivity contribution in [1.29, 1.82) is 0 Å². The first-order valence-electron chi connectivity index (χ1n) is 3.20. The number of aliphatic hydroxyl groups is 1. The van der Waals surface area contributed by atoms with E-state index in [-0.39, 0.29) is 6.61 Å². The first-order chi connectivity index (χ1) is 5.15. The molecule has 0 unspecified atom stereocenters. The standard InChI is InChI=1S/C8H8BrClO/c1-5-2-7(9)3-6(4-11)8(5)10/h2-3,11H,4H2,1H3. The average molecular weight is 236 g/mol. The predicted molar refractivity (Wildman–Crippen MR) is 49.8 cm³/mol. The van der Waals surface area contributed by atoms with Gasteiger partial charge in [0.1, 0.15) is 0 Å². The molecule has 0 radical (unpaired) electrons. The zero-order valence-corrected chi connectivity index (χ0v) is 8.41. The Morgan fingerprint density at radius 2 is 2.18 bits per heavy atom. The van der Waals surface area contributed by atoms with E-state index in [2.05, 4.69) is 15.9 Å². The fourth-order valence-electron chi connectivity index (χ4n) is 0.910. The lowest BCUT2D eigenvalue weighted by molar-refractivity contribution is 0.282. The van der Waals surface area contributed by atoms with Crippen LogP contribution >= 0.6 is 27.5 Å². The highest BCUT2D eigenvalue weighted by molar-refractivity contribution is 9.10. The van der Waals surface area contributed by atoms with Gasteiger partial charge in [-0.25, -0.2) is 0 Å². The van der Waals surface area contributed by atoms with Gasteiger partial charge in [0.25, 0.3) is 0 Å². The van der Waals surface area contributed by atoms with E-state index < -0.39 is 0 Å². The van der Waals surface area contributed by atoms with Crippen LogP contribution in [0.15, 0.2) is 16.6 Å². The maximum Gasteiger partial charge on any atom is 0.0696 e. The SMILES string of the molecule is Cc1cc(Br)cc(CO)c1Cl. The molecule has 0 amide bonds. The second kappa shape index (κ2) is 3.57. The molecule has 1 aromatic rings. The van der Waals surface area contributed by atoms with Gasteiger partial charge in [-0.05, 0) is 30.2 Å². The molecule has 0 saturated heterocycles. The van der Waals surface area contributed by atoms with Gasteiger partial charge in [-0.1, -0.05) is 27.5 Å². The van der Waals surface area contributed by atoms with E-state index in [0.717, 1.165) is 15.6 Å². The van der Waals surface area contributed by atoms with Crippen molar-refractivity contribution in [2.24, 2.45) is 0 Å². The molecule has 3 heteroatoms. The molecule has 0 aliphatic rings. The minimum absolute atomic E-state index is 0.0148. The Bertz CT molecular complexity index is 273. The Labute approximate surface area is 79.1 Å². The Hall–Kier alpha value is -0.0500. The zero-order valence-electron chi connectivity index (χ0n) is 6.06. The predicted octanol–water partition coefficient (Wildman–Crippen LogP) is 2.90. The summed E-state index contributed by atoms with van der Waals surface area (Å²) in [6, 6.07) is 3.73. The number of halogens is 2. The fraction of sp³-hybridized carbons (Fsp3) is 0.250. The summed E-state index contributed by atoms with van der Waals surface area (Å²) >= 11 is 9.20. The van der Waals surface area contributed by atoms with Gasteiger partial charge in [0.05, 0.1) is 6.61 Å². The second-order valence-electron chi connectivity index (χ2n) is 2.35. The highest BCUT2D eigenvalue weighted by atomic mass is 79.9. The lowest BCUT2D eigenvalue weighted by Gasteiger charge is -2.04. The molecule has 0 atom stereocenters. The fourth-order valence-corrected chi connectivity index (χ4v) is 1.70. The molecule has 1 nitrogen and oxygen atoms in total. The van der Waals surface area contributed by atoms with Crippen molar-refractivity contribution in [2.45, 2.75) is 13.5 Å². The Morgan fingerprint density at radius 3 is 2.73 bits per heavy atom. The van der Waals surface area contributed by atoms with Gasteiger partial charge in [-0.2, -0.15) is 0 Å². The number of benzene rings is 1. The molecule has 0 saturated carbocycles. The van der Waals surface area contributed by atoms with Gasteiger partial charge in [0.2, 0.25) is 0 Å². The van der Waals surface area contributed by atoms with Gasteiger partial charge in [0.15, 0.2) is 0 Å². The number of aryl methyl sites for hydroxylation is 1. The maximum absolute atomic E-state index is 8.86. The Balaban J connectivity index is 3.24. The summed E-state index contributed by atoms with van der Waals surface area (Å²) in [5.74, 6) is 0. The van der Waals surface area contributed by atoms with Gasteiger partial charge in [-0.15, -0.1) is 0 Å². The number of aliphatic hydroxyl groups excluding tert-OH is 1. The Kier molecular flexibility index (Phi) is 2.93. The van der Waals surface area contributed by atoms with Crippen LogP contribution in [0.1, 0.15) is 11.1 Å². The summed E-state index contributed by atoms with van der Waals surface area (Å²) in [4.78, 5) is 0. The molecule has 0 aliphatic carbocycles. The third kappa shape index (κ3) is 1.95. The van der Waals surface area contributed by atoms with Gasteiger partial charge < -0.3 is 5.11 Å². The smallest absolute Gasteiger partial charge is 0.0696 e. The monoisotopic (exact) mass is 234 g/mol. The average Bonchev–Trinajstić information content (AvgIpc) is 1.96. The molecule has 0 aromatic heterocycles. The molecule has 0 spiro atoms. The minimum Gasteiger partial charge on any atom is -0.392 e. The van der Waals surface area contributed by atoms with E-state index in [1.54, 1.807) is 0 Å². The first kappa shape index (κ1) is 9.04. The quantitative estimate of drug-likeness (QED) is 0.793. The van der Waals surface area contributed by atoms with E-state index in [9.17, 15) is 0 Å². The van der Waals surface area contributed by atoms with E-state index in [0.29, 0.717) is 5.02 Å². The van der Waals surface area contributed by atoms with Crippen LogP contribution in [0.25, 0.3) is 0 Å². The van der Waals surface area contributed by atoms with E-state index in [1.165, 1.54) is 0 Å². The molecule has 60 valence electrons. The molecule has 1 N–H and O–H groups in total. The second-order valence-corrected chi connectivity index (χ2v) is 3.65. The summed E-state index contributed by atoms with van der Waals surface area (Å²) in [7, 11) is 0. The first-order valence-corrected chi connectivity index (χ1v) is 4.37. The molecule has 1 rings (SSSR count). The van der Waals surface area contributed by atoms with Crippen molar-refractivity contribution in [2.75, 3.05) is 0 Å². The van der Waals surface area contributed by atoms with Crippen LogP contribution < -0.4 is 0 Å². The zero-order chi connectivity index (χ0) is 8.43. The van der Waals surface area contributed by atoms with Crippen molar-refractivity contribution in [3.05, 3.63) is 32.8 Å². The van der Waals surface area contributed by atoms with Crippen molar-refractivity contribution in [3.8, 4) is 0 Å². The molecular formula is C8H8BrClO. The lowest BCUT2D eigenvalue weighted by Crippen LogP contribution is -1.87. The van der Waals surface area contributed by atoms with Gasteiger partial charge in [-0.3, -0.25) is 0 Å². The van der Waals surface area contributed by atoms with E-state index >= 15 is 0 Å². The van der Waals surface area contributed by atoms with Crippen LogP contribution in [-0.2, 0) is 6.61 Å². The van der Waals surface area contributed by atoms with Crippen molar-refractivity contribution >= 4 is 27.5 Å². The summed E-state index contributed by atoms with van der Waals surface area (Å²) in [5.41, 5.74) is 1.74. The molecule has 11 heavy (non-hydrogen) atoms. The van der Waals surface area contributed by atoms with Crippen LogP contribution in [0, 0.1) is 6.92 Å². The Morgan fingerprint density at radius 1 is 1.55 bits per heavy atom. The van der Waals surface area contributed by atoms with Crippen LogP contribution in [-0.4, -0.2) is 5.11 Å². The highest BCUT2D eigenvalue weighted by Gasteiger charge is 2.02. The molecule has 0 aliphatic heterocycles. The molecule has 1 aromatic carbocycles. The number of rotatable bonds is 1. The maximum atomic E-state index is 8.86. The van der Waals surface area contributed by atoms with Crippen molar-refractivity contribution in [1.82, 2.24) is 0 Å². The third-order valence-corrected chi connectivity index (χ3v) is 2.46. The van der Waals surface area contributed by atoms with Crippen LogP contribution in [0.2, 0.25) is 5.02 Å². The molecule has 0 heterocycles. The summed E-state index contributed by atoms with van der Waals surface area (Å²) < 4.78 is 0.948. The molecule has 0 fully saturated rings. The number of hydrogen-bond acceptors (Lipinski definition) is 1. The third-order valence-electron chi connectivity index (χ3n) is 1.46. The molecule has 0 bridgehead atoms. The summed E-state index contributed by atoms with van der Waals surface area (Å²) in [6.07, 6.45) is 0. The largest absolute Gasteiger partial charge is 0.392 e. The van der Waals surface area contributed by atoms with Crippen molar-refractivity contribution < 1.29 is 5.11 Å². The highest BCUT2D eigenvalue weighted by Crippen LogP contribution is 2.25. The van der Waals surface area contributed by atoms with Gasteiger partial charge >= 0.3 is 0 Å².